The SMILES string of the molecule is CNS(=O)(=O)Cc1ccc(CNC(=O)c2ccc(Cn3ccccc3=O)o2)cc1. The molecule has 0 atom stereocenters. The molecule has 0 saturated carbocycles. The topological polar surface area (TPSA) is 110 Å². The molecule has 3 rings (SSSR count). The second-order valence-electron chi connectivity index (χ2n) is 6.40. The van der Waals surface area contributed by atoms with Crippen molar-refractivity contribution in [2.24, 2.45) is 0 Å². The van der Waals surface area contributed by atoms with E-state index in [1.807, 2.05) is 0 Å². The Hall–Kier alpha value is -3.17. The molecule has 2 heterocycles. The monoisotopic (exact) mass is 415 g/mol. The maximum absolute atomic E-state index is 12.3. The molecule has 29 heavy (non-hydrogen) atoms. The van der Waals surface area contributed by atoms with E-state index in [1.165, 1.54) is 17.7 Å². The van der Waals surface area contributed by atoms with Crippen molar-refractivity contribution >= 4 is 15.9 Å². The molecule has 0 saturated heterocycles. The maximum atomic E-state index is 12.3. The Balaban J connectivity index is 1.56. The first-order valence-corrected chi connectivity index (χ1v) is 10.5. The Kier molecular flexibility index (Phi) is 6.30. The van der Waals surface area contributed by atoms with E-state index in [0.717, 1.165) is 5.56 Å². The number of sulfonamides is 1. The smallest absolute Gasteiger partial charge is 0.287 e. The highest BCUT2D eigenvalue weighted by molar-refractivity contribution is 7.88. The van der Waals surface area contributed by atoms with Crippen molar-refractivity contribution < 1.29 is 17.6 Å². The van der Waals surface area contributed by atoms with E-state index in [9.17, 15) is 18.0 Å². The maximum Gasteiger partial charge on any atom is 0.287 e. The molecule has 0 unspecified atom stereocenters. The van der Waals surface area contributed by atoms with Gasteiger partial charge in [0, 0.05) is 18.8 Å². The van der Waals surface area contributed by atoms with Gasteiger partial charge in [0.05, 0.1) is 12.3 Å². The van der Waals surface area contributed by atoms with Crippen molar-refractivity contribution in [2.45, 2.75) is 18.8 Å². The highest BCUT2D eigenvalue weighted by atomic mass is 32.2. The third kappa shape index (κ3) is 5.66. The zero-order valence-corrected chi connectivity index (χ0v) is 16.6. The lowest BCUT2D eigenvalue weighted by molar-refractivity contribution is 0.0921. The van der Waals surface area contributed by atoms with Crippen LogP contribution in [0.2, 0.25) is 0 Å². The summed E-state index contributed by atoms with van der Waals surface area (Å²) in [6.45, 7) is 0.510. The Morgan fingerprint density at radius 3 is 2.45 bits per heavy atom. The lowest BCUT2D eigenvalue weighted by Crippen LogP contribution is -2.22. The fraction of sp³-hybridized carbons (Fsp3) is 0.200. The molecule has 152 valence electrons. The van der Waals surface area contributed by atoms with E-state index >= 15 is 0 Å². The van der Waals surface area contributed by atoms with E-state index in [2.05, 4.69) is 10.0 Å². The van der Waals surface area contributed by atoms with E-state index in [-0.39, 0.29) is 36.1 Å². The van der Waals surface area contributed by atoms with Crippen LogP contribution in [0.25, 0.3) is 0 Å². The number of aromatic nitrogens is 1. The van der Waals surface area contributed by atoms with Gasteiger partial charge in [-0.1, -0.05) is 30.3 Å². The van der Waals surface area contributed by atoms with Crippen LogP contribution in [-0.2, 0) is 28.9 Å². The van der Waals surface area contributed by atoms with Crippen LogP contribution in [0, 0.1) is 0 Å². The van der Waals surface area contributed by atoms with Crippen LogP contribution in [0.5, 0.6) is 0 Å². The Morgan fingerprint density at radius 2 is 1.76 bits per heavy atom. The summed E-state index contributed by atoms with van der Waals surface area (Å²) in [6.07, 6.45) is 1.65. The molecule has 0 radical (unpaired) electrons. The summed E-state index contributed by atoms with van der Waals surface area (Å²) >= 11 is 0. The van der Waals surface area contributed by atoms with Gasteiger partial charge in [0.25, 0.3) is 11.5 Å². The molecule has 2 aromatic heterocycles. The number of hydrogen-bond donors (Lipinski definition) is 2. The number of pyridine rings is 1. The number of carbonyl (C=O) groups excluding carboxylic acids is 1. The molecular formula is C20H21N3O5S. The van der Waals surface area contributed by atoms with Crippen molar-refractivity contribution in [3.63, 3.8) is 0 Å². The van der Waals surface area contributed by atoms with E-state index in [0.29, 0.717) is 11.3 Å². The van der Waals surface area contributed by atoms with Crippen LogP contribution in [0.1, 0.15) is 27.4 Å². The predicted octanol–water partition coefficient (Wildman–Crippen LogP) is 1.47. The molecule has 0 fully saturated rings. The third-order valence-corrected chi connectivity index (χ3v) is 5.59. The first-order valence-electron chi connectivity index (χ1n) is 8.88. The van der Waals surface area contributed by atoms with Crippen LogP contribution >= 0.6 is 0 Å². The number of carbonyl (C=O) groups is 1. The molecule has 8 nitrogen and oxygen atoms in total. The minimum atomic E-state index is -3.32. The quantitative estimate of drug-likeness (QED) is 0.579. The van der Waals surface area contributed by atoms with Crippen molar-refractivity contribution in [1.82, 2.24) is 14.6 Å². The molecule has 2 N–H and O–H groups in total. The first kappa shape index (κ1) is 20.6. The molecule has 3 aromatic rings. The molecule has 9 heteroatoms. The van der Waals surface area contributed by atoms with E-state index in [1.54, 1.807) is 54.7 Å². The van der Waals surface area contributed by atoms with Crippen molar-refractivity contribution in [2.75, 3.05) is 7.05 Å². The number of benzene rings is 1. The van der Waals surface area contributed by atoms with Gasteiger partial charge in [0.15, 0.2) is 5.76 Å². The average Bonchev–Trinajstić information content (AvgIpc) is 3.17. The van der Waals surface area contributed by atoms with Crippen molar-refractivity contribution in [1.29, 1.82) is 0 Å². The van der Waals surface area contributed by atoms with Crippen LogP contribution in [0.4, 0.5) is 0 Å². The standard InChI is InChI=1S/C20H21N3O5S/c1-21-29(26,27)14-16-7-5-15(6-8-16)12-22-20(25)18-10-9-17(28-18)13-23-11-3-2-4-19(23)24/h2-11,21H,12-14H2,1H3,(H,22,25). The number of nitrogens with one attached hydrogen (secondary N) is 2. The summed E-state index contributed by atoms with van der Waals surface area (Å²) in [5, 5.41) is 2.75. The van der Waals surface area contributed by atoms with Crippen LogP contribution < -0.4 is 15.6 Å². The molecule has 1 aromatic carbocycles. The predicted molar refractivity (Wildman–Crippen MR) is 108 cm³/mol. The molecular weight excluding hydrogens is 394 g/mol. The molecule has 0 spiro atoms. The van der Waals surface area contributed by atoms with Crippen molar-refractivity contribution in [3.8, 4) is 0 Å². The lowest BCUT2D eigenvalue weighted by atomic mass is 10.1. The lowest BCUT2D eigenvalue weighted by Gasteiger charge is -2.06. The van der Waals surface area contributed by atoms with Gasteiger partial charge in [0.1, 0.15) is 5.76 Å². The Morgan fingerprint density at radius 1 is 1.03 bits per heavy atom. The van der Waals surface area contributed by atoms with Gasteiger partial charge in [-0.05, 0) is 36.4 Å². The summed E-state index contributed by atoms with van der Waals surface area (Å²) in [7, 11) is -1.95. The minimum Gasteiger partial charge on any atom is -0.454 e. The normalized spacial score (nSPS) is 11.3. The van der Waals surface area contributed by atoms with Gasteiger partial charge in [-0.25, -0.2) is 13.1 Å². The zero-order valence-electron chi connectivity index (χ0n) is 15.8. The van der Waals surface area contributed by atoms with Crippen LogP contribution in [-0.4, -0.2) is 25.9 Å². The molecule has 0 bridgehead atoms. The van der Waals surface area contributed by atoms with Gasteiger partial charge >= 0.3 is 0 Å². The van der Waals surface area contributed by atoms with Gasteiger partial charge in [-0.3, -0.25) is 9.59 Å². The highest BCUT2D eigenvalue weighted by Crippen LogP contribution is 2.11. The van der Waals surface area contributed by atoms with E-state index in [4.69, 9.17) is 4.42 Å². The fourth-order valence-electron chi connectivity index (χ4n) is 2.66. The number of nitrogens with zero attached hydrogens (tertiary/aromatic N) is 1. The Labute approximate surface area is 168 Å². The van der Waals surface area contributed by atoms with Gasteiger partial charge < -0.3 is 14.3 Å². The summed E-state index contributed by atoms with van der Waals surface area (Å²) in [4.78, 5) is 24.0. The summed E-state index contributed by atoms with van der Waals surface area (Å²) < 4.78 is 32.4. The molecule has 0 aliphatic carbocycles. The molecule has 0 aliphatic heterocycles. The number of furan rings is 1. The molecule has 0 aliphatic rings. The van der Waals surface area contributed by atoms with Gasteiger partial charge in [-0.2, -0.15) is 0 Å². The second kappa shape index (κ2) is 8.89. The second-order valence-corrected chi connectivity index (χ2v) is 8.32. The summed E-state index contributed by atoms with van der Waals surface area (Å²) in [5.74, 6) is 0.174. The van der Waals surface area contributed by atoms with E-state index < -0.39 is 10.0 Å². The first-order chi connectivity index (χ1) is 13.9. The fourth-order valence-corrected chi connectivity index (χ4v) is 3.43. The van der Waals surface area contributed by atoms with Gasteiger partial charge in [0.2, 0.25) is 10.0 Å². The van der Waals surface area contributed by atoms with Crippen LogP contribution in [0.3, 0.4) is 0 Å². The summed E-state index contributed by atoms with van der Waals surface area (Å²) in [6, 6.07) is 15.0. The third-order valence-electron chi connectivity index (χ3n) is 4.25. The van der Waals surface area contributed by atoms with Crippen LogP contribution in [0.15, 0.2) is 70.0 Å². The number of rotatable bonds is 8. The number of amides is 1. The van der Waals surface area contributed by atoms with Crippen molar-refractivity contribution in [3.05, 3.63) is 93.8 Å². The average molecular weight is 415 g/mol. The largest absolute Gasteiger partial charge is 0.454 e. The number of hydrogen-bond acceptors (Lipinski definition) is 5. The summed E-state index contributed by atoms with van der Waals surface area (Å²) in [5.41, 5.74) is 1.33. The van der Waals surface area contributed by atoms with Gasteiger partial charge in [-0.15, -0.1) is 0 Å². The Bertz CT molecular complexity index is 1150. The highest BCUT2D eigenvalue weighted by Gasteiger charge is 2.12. The molecule has 1 amide bonds. The zero-order chi connectivity index (χ0) is 20.9. The minimum absolute atomic E-state index is 0.101.